The van der Waals surface area contributed by atoms with Crippen LogP contribution in [-0.2, 0) is 16.0 Å². The maximum atomic E-state index is 12.9. The molecule has 1 aromatic carbocycles. The summed E-state index contributed by atoms with van der Waals surface area (Å²) >= 11 is 0.358. The van der Waals surface area contributed by atoms with Crippen molar-refractivity contribution in [1.82, 2.24) is 9.36 Å². The fraction of sp³-hybridized carbons (Fsp3) is 0.529. The summed E-state index contributed by atoms with van der Waals surface area (Å²) in [6.07, 6.45) is -3.34. The van der Waals surface area contributed by atoms with Crippen LogP contribution >= 0.6 is 11.5 Å². The zero-order valence-corrected chi connectivity index (χ0v) is 17.3. The Balaban J connectivity index is 1.85. The van der Waals surface area contributed by atoms with Crippen molar-refractivity contribution in [2.75, 3.05) is 35.7 Å². The third kappa shape index (κ3) is 4.40. The van der Waals surface area contributed by atoms with E-state index >= 15 is 0 Å². The number of benzene rings is 1. The molecule has 154 valence electrons. The molecule has 0 bridgehead atoms. The van der Waals surface area contributed by atoms with Crippen LogP contribution in [0.15, 0.2) is 29.2 Å². The lowest BCUT2D eigenvalue weighted by Crippen LogP contribution is -2.56. The third-order valence-electron chi connectivity index (χ3n) is 4.71. The predicted molar refractivity (Wildman–Crippen MR) is 103 cm³/mol. The molecule has 0 amide bonds. The Morgan fingerprint density at radius 1 is 1.25 bits per heavy atom. The van der Waals surface area contributed by atoms with Gasteiger partial charge in [0.25, 0.3) is 0 Å². The predicted octanol–water partition coefficient (Wildman–Crippen LogP) is 3.31. The molecule has 0 aliphatic carbocycles. The van der Waals surface area contributed by atoms with E-state index in [4.69, 9.17) is 0 Å². The number of anilines is 2. The van der Waals surface area contributed by atoms with Gasteiger partial charge in [-0.1, -0.05) is 19.9 Å². The van der Waals surface area contributed by atoms with Gasteiger partial charge in [-0.15, -0.1) is 0 Å². The first-order valence-electron chi connectivity index (χ1n) is 8.69. The van der Waals surface area contributed by atoms with Crippen LogP contribution in [0.2, 0.25) is 0 Å². The van der Waals surface area contributed by atoms with Gasteiger partial charge in [0, 0.05) is 31.6 Å². The van der Waals surface area contributed by atoms with E-state index in [2.05, 4.69) is 9.36 Å². The van der Waals surface area contributed by atoms with Gasteiger partial charge >= 0.3 is 6.18 Å². The van der Waals surface area contributed by atoms with Crippen molar-refractivity contribution in [3.05, 3.63) is 29.3 Å². The Bertz CT molecular complexity index is 944. The lowest BCUT2D eigenvalue weighted by atomic mass is 9.99. The maximum Gasteiger partial charge on any atom is 0.444 e. The van der Waals surface area contributed by atoms with Gasteiger partial charge in [0.2, 0.25) is 11.0 Å². The van der Waals surface area contributed by atoms with Crippen molar-refractivity contribution < 1.29 is 21.6 Å². The fourth-order valence-electron chi connectivity index (χ4n) is 3.22. The topological polar surface area (TPSA) is 66.4 Å². The van der Waals surface area contributed by atoms with Crippen molar-refractivity contribution in [2.45, 2.75) is 31.0 Å². The fourth-order valence-corrected chi connectivity index (χ4v) is 4.42. The molecule has 0 saturated carbocycles. The van der Waals surface area contributed by atoms with E-state index in [0.29, 0.717) is 31.2 Å². The van der Waals surface area contributed by atoms with E-state index in [0.717, 1.165) is 11.9 Å². The normalized spacial score (nSPS) is 18.8. The molecule has 0 spiro atoms. The zero-order chi connectivity index (χ0) is 20.7. The minimum Gasteiger partial charge on any atom is -0.368 e. The minimum absolute atomic E-state index is 0.0977. The monoisotopic (exact) mass is 434 g/mol. The molecule has 28 heavy (non-hydrogen) atoms. The molecule has 2 heterocycles. The lowest BCUT2D eigenvalue weighted by molar-refractivity contribution is -0.137. The summed E-state index contributed by atoms with van der Waals surface area (Å²) in [6, 6.07) is 6.61. The van der Waals surface area contributed by atoms with Gasteiger partial charge in [-0.05, 0) is 35.6 Å². The molecule has 0 radical (unpaired) electrons. The van der Waals surface area contributed by atoms with Crippen LogP contribution in [-0.4, -0.2) is 49.7 Å². The van der Waals surface area contributed by atoms with Crippen LogP contribution < -0.4 is 9.80 Å². The molecule has 11 heteroatoms. The number of rotatable bonds is 4. The molecule has 1 fully saturated rings. The van der Waals surface area contributed by atoms with Gasteiger partial charge in [-0.2, -0.15) is 22.5 Å². The van der Waals surface area contributed by atoms with Crippen LogP contribution in [0.5, 0.6) is 0 Å². The highest BCUT2D eigenvalue weighted by atomic mass is 32.2. The number of hydrogen-bond donors (Lipinski definition) is 0. The summed E-state index contributed by atoms with van der Waals surface area (Å²) in [4.78, 5) is 7.79. The Morgan fingerprint density at radius 2 is 1.96 bits per heavy atom. The van der Waals surface area contributed by atoms with E-state index in [1.54, 1.807) is 18.2 Å². The number of sulfone groups is 1. The molecule has 1 saturated heterocycles. The quantitative estimate of drug-likeness (QED) is 0.736. The van der Waals surface area contributed by atoms with Crippen molar-refractivity contribution >= 4 is 33.0 Å². The van der Waals surface area contributed by atoms with Crippen LogP contribution in [0.1, 0.15) is 18.9 Å². The van der Waals surface area contributed by atoms with Gasteiger partial charge in [0.05, 0.1) is 10.9 Å². The highest BCUT2D eigenvalue weighted by Gasteiger charge is 2.38. The van der Waals surface area contributed by atoms with Crippen LogP contribution in [0.4, 0.5) is 24.8 Å². The summed E-state index contributed by atoms with van der Waals surface area (Å²) < 4.78 is 66.2. The Labute approximate surface area is 166 Å². The number of aromatic nitrogens is 2. The highest BCUT2D eigenvalue weighted by Crippen LogP contribution is 2.34. The molecule has 1 aliphatic heterocycles. The molecule has 0 unspecified atom stereocenters. The van der Waals surface area contributed by atoms with Gasteiger partial charge in [0.15, 0.2) is 9.84 Å². The Morgan fingerprint density at radius 3 is 2.54 bits per heavy atom. The number of nitrogens with zero attached hydrogens (tertiary/aromatic N) is 4. The summed E-state index contributed by atoms with van der Waals surface area (Å²) in [5.74, 6) is 0.235. The number of alkyl halides is 3. The van der Waals surface area contributed by atoms with E-state index in [1.807, 2.05) is 29.7 Å². The van der Waals surface area contributed by atoms with Crippen molar-refractivity contribution in [3.63, 3.8) is 0 Å². The largest absolute Gasteiger partial charge is 0.444 e. The first-order valence-corrected chi connectivity index (χ1v) is 11.4. The van der Waals surface area contributed by atoms with Gasteiger partial charge in [0.1, 0.15) is 0 Å². The molecule has 2 aromatic rings. The van der Waals surface area contributed by atoms with Crippen LogP contribution in [0.3, 0.4) is 0 Å². The smallest absolute Gasteiger partial charge is 0.368 e. The van der Waals surface area contributed by atoms with E-state index in [1.165, 1.54) is 0 Å². The second kappa shape index (κ2) is 7.51. The number of hydrogen-bond acceptors (Lipinski definition) is 7. The van der Waals surface area contributed by atoms with Crippen molar-refractivity contribution in [2.24, 2.45) is 5.92 Å². The van der Waals surface area contributed by atoms with E-state index in [-0.39, 0.29) is 22.8 Å². The molecule has 6 nitrogen and oxygen atoms in total. The molecule has 1 aromatic heterocycles. The van der Waals surface area contributed by atoms with Crippen molar-refractivity contribution in [1.29, 1.82) is 0 Å². The standard InChI is InChI=1S/C17H21F3N4O2S2/c1-11(2)14-10-23(12-5-4-6-13(9-12)28(3,25)26)7-8-24(14)16-21-15(27-22-16)17(18,19)20/h4-6,9,11,14H,7-8,10H2,1-3H3/t14-/m0/s1. The lowest BCUT2D eigenvalue weighted by Gasteiger charge is -2.44. The molecular weight excluding hydrogens is 413 g/mol. The second-order valence-corrected chi connectivity index (χ2v) is 9.89. The highest BCUT2D eigenvalue weighted by molar-refractivity contribution is 7.90. The molecule has 0 N–H and O–H groups in total. The first kappa shape index (κ1) is 20.8. The second-order valence-electron chi connectivity index (χ2n) is 7.12. The first-order chi connectivity index (χ1) is 13.0. The molecule has 1 atom stereocenters. The Hall–Kier alpha value is -1.88. The van der Waals surface area contributed by atoms with E-state index < -0.39 is 21.0 Å². The minimum atomic E-state index is -4.50. The van der Waals surface area contributed by atoms with Crippen LogP contribution in [0.25, 0.3) is 0 Å². The summed E-state index contributed by atoms with van der Waals surface area (Å²) in [5, 5.41) is -0.951. The third-order valence-corrected chi connectivity index (χ3v) is 6.57. The van der Waals surface area contributed by atoms with Crippen molar-refractivity contribution in [3.8, 4) is 0 Å². The van der Waals surface area contributed by atoms with Crippen LogP contribution in [0, 0.1) is 5.92 Å². The molecular formula is C17H21F3N4O2S2. The number of piperazine rings is 1. The zero-order valence-electron chi connectivity index (χ0n) is 15.6. The summed E-state index contributed by atoms with van der Waals surface area (Å²) in [7, 11) is -3.32. The average molecular weight is 435 g/mol. The SMILES string of the molecule is CC(C)[C@@H]1CN(c2cccc(S(C)(=O)=O)c2)CCN1c1nsc(C(F)(F)F)n1. The molecule has 1 aliphatic rings. The molecule has 3 rings (SSSR count). The Kier molecular flexibility index (Phi) is 5.59. The number of halogens is 3. The average Bonchev–Trinajstić information content (AvgIpc) is 3.11. The van der Waals surface area contributed by atoms with E-state index in [9.17, 15) is 21.6 Å². The van der Waals surface area contributed by atoms with Gasteiger partial charge < -0.3 is 9.80 Å². The van der Waals surface area contributed by atoms with Gasteiger partial charge in [-0.25, -0.2) is 8.42 Å². The summed E-state index contributed by atoms with van der Waals surface area (Å²) in [5.41, 5.74) is 0.774. The maximum absolute atomic E-state index is 12.9. The van der Waals surface area contributed by atoms with Gasteiger partial charge in [-0.3, -0.25) is 0 Å². The summed E-state index contributed by atoms with van der Waals surface area (Å²) in [6.45, 7) is 5.48.